The maximum absolute atomic E-state index is 13.3. The Bertz CT molecular complexity index is 1540. The third kappa shape index (κ3) is 5.89. The summed E-state index contributed by atoms with van der Waals surface area (Å²) in [6, 6.07) is 18.5. The van der Waals surface area contributed by atoms with Crippen molar-refractivity contribution >= 4 is 45.7 Å². The van der Waals surface area contributed by atoms with Gasteiger partial charge in [-0.1, -0.05) is 48.5 Å². The molecule has 8 nitrogen and oxygen atoms in total. The van der Waals surface area contributed by atoms with Crippen molar-refractivity contribution in [3.63, 3.8) is 0 Å². The lowest BCUT2D eigenvalue weighted by atomic mass is 9.96. The fourth-order valence-corrected chi connectivity index (χ4v) is 5.38. The number of nitrogens with one attached hydrogen (secondary N) is 1. The van der Waals surface area contributed by atoms with Crippen molar-refractivity contribution < 1.29 is 24.3 Å². The number of carbonyl (C=O) groups excluding carboxylic acids is 3. The number of nitrogens with two attached hydrogens (primary N) is 1. The fraction of sp³-hybridized carbons (Fsp3) is 0.200. The van der Waals surface area contributed by atoms with E-state index in [1.807, 2.05) is 49.4 Å². The van der Waals surface area contributed by atoms with Gasteiger partial charge in [0.15, 0.2) is 11.8 Å². The minimum Gasteiger partial charge on any atom is -0.480 e. The van der Waals surface area contributed by atoms with E-state index in [-0.39, 0.29) is 17.5 Å². The summed E-state index contributed by atoms with van der Waals surface area (Å²) in [5, 5.41) is 17.2. The van der Waals surface area contributed by atoms with E-state index in [4.69, 9.17) is 5.84 Å². The Kier molecular flexibility index (Phi) is 8.23. The Hall–Kier alpha value is -4.34. The number of ketones is 1. The Morgan fingerprint density at radius 3 is 2.28 bits per heavy atom. The molecule has 4 aromatic rings. The summed E-state index contributed by atoms with van der Waals surface area (Å²) in [6.45, 7) is 5.23. The zero-order valence-corrected chi connectivity index (χ0v) is 22.6. The van der Waals surface area contributed by atoms with Crippen LogP contribution in [0.3, 0.4) is 0 Å². The number of benzene rings is 3. The molecule has 0 fully saturated rings. The quantitative estimate of drug-likeness (QED) is 0.117. The lowest BCUT2D eigenvalue weighted by Gasteiger charge is -2.25. The predicted molar refractivity (Wildman–Crippen MR) is 151 cm³/mol. The molecular weight excluding hydrogens is 514 g/mol. The number of carboxylic acids is 1. The van der Waals surface area contributed by atoms with Crippen LogP contribution in [0.15, 0.2) is 72.1 Å². The molecule has 9 heteroatoms. The normalized spacial score (nSPS) is 12.5. The Morgan fingerprint density at radius 2 is 1.64 bits per heavy atom. The molecule has 39 heavy (non-hydrogen) atoms. The van der Waals surface area contributed by atoms with Crippen LogP contribution in [0.5, 0.6) is 0 Å². The molecule has 0 bridgehead atoms. The lowest BCUT2D eigenvalue weighted by molar-refractivity contribution is -0.142. The highest BCUT2D eigenvalue weighted by molar-refractivity contribution is 7.12. The first-order chi connectivity index (χ1) is 18.6. The van der Waals surface area contributed by atoms with E-state index in [9.17, 15) is 24.3 Å². The number of carbonyl (C=O) groups is 4. The van der Waals surface area contributed by atoms with Crippen molar-refractivity contribution in [2.24, 2.45) is 5.84 Å². The molecule has 0 aliphatic heterocycles. The van der Waals surface area contributed by atoms with Crippen LogP contribution in [0.25, 0.3) is 10.8 Å². The van der Waals surface area contributed by atoms with E-state index in [1.165, 1.54) is 11.3 Å². The van der Waals surface area contributed by atoms with Crippen LogP contribution in [0, 0.1) is 13.8 Å². The van der Waals surface area contributed by atoms with E-state index >= 15 is 0 Å². The highest BCUT2D eigenvalue weighted by Gasteiger charge is 2.32. The second kappa shape index (κ2) is 11.6. The Labute approximate surface area is 230 Å². The third-order valence-corrected chi connectivity index (χ3v) is 7.59. The zero-order chi connectivity index (χ0) is 28.3. The number of fused-ring (bicyclic) bond motifs is 1. The molecule has 0 unspecified atom stereocenters. The molecule has 1 heterocycles. The van der Waals surface area contributed by atoms with Gasteiger partial charge < -0.3 is 10.4 Å². The van der Waals surface area contributed by atoms with E-state index in [0.29, 0.717) is 26.6 Å². The molecule has 0 aliphatic rings. The Morgan fingerprint density at radius 1 is 0.974 bits per heavy atom. The molecule has 2 amide bonds. The van der Waals surface area contributed by atoms with Crippen LogP contribution in [-0.2, 0) is 4.79 Å². The second-order valence-corrected chi connectivity index (χ2v) is 10.4. The lowest BCUT2D eigenvalue weighted by Crippen LogP contribution is -2.50. The van der Waals surface area contributed by atoms with Crippen molar-refractivity contribution in [1.29, 1.82) is 0 Å². The van der Waals surface area contributed by atoms with Crippen LogP contribution < -0.4 is 11.2 Å². The maximum atomic E-state index is 13.3. The number of aliphatic carboxylic acids is 1. The molecule has 1 aromatic heterocycles. The van der Waals surface area contributed by atoms with Crippen LogP contribution >= 0.6 is 11.3 Å². The number of amides is 2. The van der Waals surface area contributed by atoms with Gasteiger partial charge in [0.25, 0.3) is 11.8 Å². The number of aryl methyl sites for hydroxylation is 2. The number of rotatable bonds is 9. The number of nitrogens with zero attached hydrogens (tertiary/aromatic N) is 1. The zero-order valence-electron chi connectivity index (χ0n) is 21.8. The van der Waals surface area contributed by atoms with E-state index < -0.39 is 30.1 Å². The summed E-state index contributed by atoms with van der Waals surface area (Å²) < 4.78 is 0. The summed E-state index contributed by atoms with van der Waals surface area (Å²) in [7, 11) is 0. The van der Waals surface area contributed by atoms with Crippen LogP contribution in [0.1, 0.15) is 66.5 Å². The second-order valence-electron chi connectivity index (χ2n) is 9.42. The van der Waals surface area contributed by atoms with E-state index in [0.717, 1.165) is 16.3 Å². The van der Waals surface area contributed by atoms with Crippen molar-refractivity contribution in [3.05, 3.63) is 105 Å². The predicted octanol–water partition coefficient (Wildman–Crippen LogP) is 5.05. The topological polar surface area (TPSA) is 130 Å². The van der Waals surface area contributed by atoms with Gasteiger partial charge in [0.1, 0.15) is 0 Å². The summed E-state index contributed by atoms with van der Waals surface area (Å²) in [5.41, 5.74) is 2.46. The van der Waals surface area contributed by atoms with Gasteiger partial charge in [-0.05, 0) is 71.8 Å². The van der Waals surface area contributed by atoms with Crippen molar-refractivity contribution in [3.8, 4) is 0 Å². The largest absolute Gasteiger partial charge is 0.480 e. The first kappa shape index (κ1) is 27.7. The van der Waals surface area contributed by atoms with Crippen LogP contribution in [-0.4, -0.2) is 39.7 Å². The summed E-state index contributed by atoms with van der Waals surface area (Å²) in [4.78, 5) is 51.3. The number of hydrogen-bond donors (Lipinski definition) is 3. The molecule has 2 atom stereocenters. The SMILES string of the molecule is Cc1cc(C(=O)N[C@H](C)c2cccc3ccccc23)cc(C)c1C(=O)N(N)[C@@H](CC(=O)c1cccs1)C(=O)O. The van der Waals surface area contributed by atoms with Gasteiger partial charge in [0.2, 0.25) is 0 Å². The average molecular weight is 544 g/mol. The van der Waals surface area contributed by atoms with Crippen molar-refractivity contribution in [1.82, 2.24) is 10.3 Å². The first-order valence-corrected chi connectivity index (χ1v) is 13.2. The number of hydrogen-bond acceptors (Lipinski definition) is 6. The summed E-state index contributed by atoms with van der Waals surface area (Å²) in [5.74, 6) is 3.13. The monoisotopic (exact) mass is 543 g/mol. The number of hydrazine groups is 1. The molecule has 0 aliphatic carbocycles. The standard InChI is InChI=1S/C30H29N3O5S/c1-17-14-21(28(35)32-19(3)22-11-6-9-20-8-4-5-10-23(20)22)15-18(2)27(17)29(36)33(31)24(30(37)38)16-25(34)26-12-7-13-39-26/h4-15,19,24H,16,31H2,1-3H3,(H,32,35)(H,37,38)/t19-,24+/m1/s1. The molecule has 0 saturated carbocycles. The first-order valence-electron chi connectivity index (χ1n) is 12.4. The molecule has 200 valence electrons. The molecule has 4 rings (SSSR count). The van der Waals surface area contributed by atoms with Gasteiger partial charge in [-0.2, -0.15) is 0 Å². The number of Topliss-reactive ketones (excluding diaryl/α,β-unsaturated/α-hetero) is 1. The molecular formula is C30H29N3O5S. The summed E-state index contributed by atoms with van der Waals surface area (Å²) >= 11 is 1.19. The van der Waals surface area contributed by atoms with Gasteiger partial charge in [-0.3, -0.25) is 19.4 Å². The average Bonchev–Trinajstić information content (AvgIpc) is 3.45. The number of carboxylic acid groups (broad SMARTS) is 1. The fourth-order valence-electron chi connectivity index (χ4n) is 4.71. The molecule has 3 aromatic carbocycles. The van der Waals surface area contributed by atoms with E-state index in [1.54, 1.807) is 43.5 Å². The highest BCUT2D eigenvalue weighted by atomic mass is 32.1. The van der Waals surface area contributed by atoms with Gasteiger partial charge in [-0.15, -0.1) is 11.3 Å². The van der Waals surface area contributed by atoms with Crippen molar-refractivity contribution in [2.45, 2.75) is 39.3 Å². The van der Waals surface area contributed by atoms with Crippen LogP contribution in [0.2, 0.25) is 0 Å². The van der Waals surface area contributed by atoms with Gasteiger partial charge in [0, 0.05) is 17.5 Å². The smallest absolute Gasteiger partial charge is 0.328 e. The minimum atomic E-state index is -1.55. The van der Waals surface area contributed by atoms with Gasteiger partial charge in [-0.25, -0.2) is 10.6 Å². The molecule has 4 N–H and O–H groups in total. The van der Waals surface area contributed by atoms with Gasteiger partial charge in [0.05, 0.1) is 10.9 Å². The molecule has 0 saturated heterocycles. The van der Waals surface area contributed by atoms with Crippen LogP contribution in [0.4, 0.5) is 0 Å². The third-order valence-electron chi connectivity index (χ3n) is 6.68. The minimum absolute atomic E-state index is 0.186. The molecule has 0 spiro atoms. The van der Waals surface area contributed by atoms with Crippen molar-refractivity contribution in [2.75, 3.05) is 0 Å². The Balaban J connectivity index is 1.53. The maximum Gasteiger partial charge on any atom is 0.328 e. The van der Waals surface area contributed by atoms with E-state index in [2.05, 4.69) is 5.32 Å². The number of thiophene rings is 1. The van der Waals surface area contributed by atoms with Gasteiger partial charge >= 0.3 is 5.97 Å². The summed E-state index contributed by atoms with van der Waals surface area (Å²) in [6.07, 6.45) is -0.456. The molecule has 0 radical (unpaired) electrons. The highest BCUT2D eigenvalue weighted by Crippen LogP contribution is 2.25.